The summed E-state index contributed by atoms with van der Waals surface area (Å²) in [6.07, 6.45) is 3.15. The zero-order valence-electron chi connectivity index (χ0n) is 18.1. The lowest BCUT2D eigenvalue weighted by atomic mass is 9.79. The molecule has 7 nitrogen and oxygen atoms in total. The molecule has 1 N–H and O–H groups in total. The number of benzene rings is 2. The number of halogens is 2. The number of carbonyl (C=O) groups excluding carboxylic acids is 2. The van der Waals surface area contributed by atoms with Crippen LogP contribution in [0, 0.1) is 11.6 Å². The minimum Gasteiger partial charge on any atom is -0.493 e. The number of ether oxygens (including phenoxy) is 2. The molecule has 0 bridgehead atoms. The predicted octanol–water partition coefficient (Wildman–Crippen LogP) is 3.93. The van der Waals surface area contributed by atoms with Gasteiger partial charge in [-0.15, -0.1) is 0 Å². The molecule has 0 fully saturated rings. The summed E-state index contributed by atoms with van der Waals surface area (Å²) in [5.41, 5.74) is 1.10. The summed E-state index contributed by atoms with van der Waals surface area (Å²) in [4.78, 5) is 32.4. The van der Waals surface area contributed by atoms with E-state index in [2.05, 4.69) is 10.3 Å². The number of hydrogen-bond donors (Lipinski definition) is 1. The number of amides is 2. The first-order valence-electron chi connectivity index (χ1n) is 10.0. The van der Waals surface area contributed by atoms with Crippen LogP contribution in [0.1, 0.15) is 33.4 Å². The van der Waals surface area contributed by atoms with Crippen molar-refractivity contribution in [1.82, 2.24) is 9.88 Å². The molecule has 1 aliphatic rings. The number of aromatic nitrogens is 1. The average Bonchev–Trinajstić information content (AvgIpc) is 2.82. The van der Waals surface area contributed by atoms with Crippen LogP contribution in [0.3, 0.4) is 0 Å². The number of nitrogens with zero attached hydrogens (tertiary/aromatic N) is 2. The second-order valence-electron chi connectivity index (χ2n) is 7.53. The largest absolute Gasteiger partial charge is 0.493 e. The lowest BCUT2D eigenvalue weighted by Gasteiger charge is -2.39. The van der Waals surface area contributed by atoms with Crippen LogP contribution in [-0.2, 0) is 4.79 Å². The Balaban J connectivity index is 1.88. The molecule has 4 rings (SSSR count). The molecule has 0 saturated carbocycles. The van der Waals surface area contributed by atoms with Crippen molar-refractivity contribution in [2.75, 3.05) is 26.6 Å². The minimum absolute atomic E-state index is 0.173. The van der Waals surface area contributed by atoms with E-state index < -0.39 is 29.5 Å². The Hall–Kier alpha value is -4.01. The summed E-state index contributed by atoms with van der Waals surface area (Å²) in [5, 5.41) is 2.54. The van der Waals surface area contributed by atoms with Crippen molar-refractivity contribution in [1.29, 1.82) is 0 Å². The first kappa shape index (κ1) is 22.2. The molecule has 9 heteroatoms. The van der Waals surface area contributed by atoms with E-state index in [-0.39, 0.29) is 17.2 Å². The highest BCUT2D eigenvalue weighted by Gasteiger charge is 2.43. The summed E-state index contributed by atoms with van der Waals surface area (Å²) in [6, 6.07) is 8.70. The molecule has 2 heterocycles. The van der Waals surface area contributed by atoms with Gasteiger partial charge in [-0.2, -0.15) is 0 Å². The van der Waals surface area contributed by atoms with Gasteiger partial charge in [-0.3, -0.25) is 14.6 Å². The van der Waals surface area contributed by atoms with Crippen LogP contribution < -0.4 is 14.8 Å². The second-order valence-corrected chi connectivity index (χ2v) is 7.53. The minimum atomic E-state index is -0.948. The molecular weight excluding hydrogens is 432 g/mol. The fraction of sp³-hybridized carbons (Fsp3) is 0.208. The molecule has 170 valence electrons. The van der Waals surface area contributed by atoms with Crippen molar-refractivity contribution in [2.24, 2.45) is 0 Å². The molecule has 2 aromatic carbocycles. The predicted molar refractivity (Wildman–Crippen MR) is 116 cm³/mol. The monoisotopic (exact) mass is 453 g/mol. The first-order valence-corrected chi connectivity index (χ1v) is 10.0. The lowest BCUT2D eigenvalue weighted by molar-refractivity contribution is -0.119. The van der Waals surface area contributed by atoms with Crippen LogP contribution in [0.5, 0.6) is 11.5 Å². The molecule has 0 saturated heterocycles. The summed E-state index contributed by atoms with van der Waals surface area (Å²) in [6.45, 7) is 0. The van der Waals surface area contributed by atoms with Crippen molar-refractivity contribution in [3.8, 4) is 11.5 Å². The SMILES string of the molecule is COc1cc2c(cc1OC)C(C(=O)Nc1ccc(F)cc1F)C(c1cccnc1)N(C)C2=O. The fourth-order valence-electron chi connectivity index (χ4n) is 4.10. The Bertz CT molecular complexity index is 1220. The van der Waals surface area contributed by atoms with Gasteiger partial charge < -0.3 is 19.7 Å². The lowest BCUT2D eigenvalue weighted by Crippen LogP contribution is -2.44. The van der Waals surface area contributed by atoms with Crippen LogP contribution in [0.2, 0.25) is 0 Å². The van der Waals surface area contributed by atoms with Crippen LogP contribution in [-0.4, -0.2) is 43.0 Å². The molecule has 3 aromatic rings. The van der Waals surface area contributed by atoms with Gasteiger partial charge in [0.1, 0.15) is 11.6 Å². The van der Waals surface area contributed by atoms with Gasteiger partial charge >= 0.3 is 0 Å². The number of likely N-dealkylation sites (N-methyl/N-ethyl adjacent to an activating group) is 1. The van der Waals surface area contributed by atoms with E-state index >= 15 is 0 Å². The van der Waals surface area contributed by atoms with E-state index in [0.29, 0.717) is 28.7 Å². The molecule has 2 amide bonds. The number of anilines is 1. The summed E-state index contributed by atoms with van der Waals surface area (Å²) in [5.74, 6) is -2.85. The third-order valence-corrected chi connectivity index (χ3v) is 5.67. The molecule has 0 radical (unpaired) electrons. The highest BCUT2D eigenvalue weighted by atomic mass is 19.1. The van der Waals surface area contributed by atoms with Gasteiger partial charge in [0, 0.05) is 31.1 Å². The summed E-state index contributed by atoms with van der Waals surface area (Å²) >= 11 is 0. The van der Waals surface area contributed by atoms with Gasteiger partial charge in [0.15, 0.2) is 11.5 Å². The molecule has 1 aliphatic heterocycles. The number of carbonyl (C=O) groups is 2. The topological polar surface area (TPSA) is 80.8 Å². The Morgan fingerprint density at radius 2 is 1.82 bits per heavy atom. The fourth-order valence-corrected chi connectivity index (χ4v) is 4.10. The molecule has 33 heavy (non-hydrogen) atoms. The number of hydrogen-bond acceptors (Lipinski definition) is 5. The highest BCUT2D eigenvalue weighted by Crippen LogP contribution is 2.45. The maximum absolute atomic E-state index is 14.3. The number of methoxy groups -OCH3 is 2. The molecule has 2 unspecified atom stereocenters. The van der Waals surface area contributed by atoms with Gasteiger partial charge in [0.05, 0.1) is 31.9 Å². The van der Waals surface area contributed by atoms with Crippen LogP contribution in [0.25, 0.3) is 0 Å². The van der Waals surface area contributed by atoms with Crippen molar-refractivity contribution < 1.29 is 27.8 Å². The summed E-state index contributed by atoms with van der Waals surface area (Å²) in [7, 11) is 4.47. The highest BCUT2D eigenvalue weighted by molar-refractivity contribution is 6.05. The third kappa shape index (κ3) is 3.97. The molecule has 0 aliphatic carbocycles. The van der Waals surface area contributed by atoms with E-state index in [0.717, 1.165) is 12.1 Å². The Labute approximate surface area is 189 Å². The molecular formula is C24H21F2N3O4. The number of pyridine rings is 1. The number of nitrogens with one attached hydrogen (secondary N) is 1. The van der Waals surface area contributed by atoms with Crippen molar-refractivity contribution in [2.45, 2.75) is 12.0 Å². The number of rotatable bonds is 5. The van der Waals surface area contributed by atoms with Gasteiger partial charge in [0.2, 0.25) is 5.91 Å². The quantitative estimate of drug-likeness (QED) is 0.633. The first-order chi connectivity index (χ1) is 15.8. The normalized spacial score (nSPS) is 17.4. The second kappa shape index (κ2) is 8.85. The zero-order valence-corrected chi connectivity index (χ0v) is 18.1. The Kier molecular flexibility index (Phi) is 5.95. The van der Waals surface area contributed by atoms with Crippen LogP contribution >= 0.6 is 0 Å². The molecule has 1 aromatic heterocycles. The maximum Gasteiger partial charge on any atom is 0.254 e. The number of fused-ring (bicyclic) bond motifs is 1. The smallest absolute Gasteiger partial charge is 0.254 e. The van der Waals surface area contributed by atoms with Gasteiger partial charge in [-0.25, -0.2) is 8.78 Å². The van der Waals surface area contributed by atoms with E-state index in [1.165, 1.54) is 25.2 Å². The third-order valence-electron chi connectivity index (χ3n) is 5.67. The van der Waals surface area contributed by atoms with Crippen molar-refractivity contribution >= 4 is 17.5 Å². The van der Waals surface area contributed by atoms with Gasteiger partial charge in [0.25, 0.3) is 5.91 Å². The Morgan fingerprint density at radius 3 is 2.45 bits per heavy atom. The van der Waals surface area contributed by atoms with Gasteiger partial charge in [-0.05, 0) is 41.5 Å². The molecule has 0 spiro atoms. The van der Waals surface area contributed by atoms with E-state index in [9.17, 15) is 18.4 Å². The van der Waals surface area contributed by atoms with E-state index in [1.54, 1.807) is 37.6 Å². The van der Waals surface area contributed by atoms with Gasteiger partial charge in [-0.1, -0.05) is 6.07 Å². The summed E-state index contributed by atoms with van der Waals surface area (Å²) < 4.78 is 38.3. The molecule has 2 atom stereocenters. The average molecular weight is 453 g/mol. The van der Waals surface area contributed by atoms with Crippen LogP contribution in [0.4, 0.5) is 14.5 Å². The van der Waals surface area contributed by atoms with Crippen LogP contribution in [0.15, 0.2) is 54.9 Å². The standard InChI is InChI=1S/C24H21F2N3O4/c1-29-22(13-5-4-8-27-12-13)21(23(30)28-18-7-6-14(25)9-17(18)26)15-10-19(32-2)20(33-3)11-16(15)24(29)31/h4-12,21-22H,1-3H3,(H,28,30). The van der Waals surface area contributed by atoms with E-state index in [1.807, 2.05) is 0 Å². The van der Waals surface area contributed by atoms with Crippen molar-refractivity contribution in [3.63, 3.8) is 0 Å². The van der Waals surface area contributed by atoms with Crippen molar-refractivity contribution in [3.05, 3.63) is 83.2 Å². The van der Waals surface area contributed by atoms with E-state index in [4.69, 9.17) is 9.47 Å². The Morgan fingerprint density at radius 1 is 1.09 bits per heavy atom. The zero-order chi connectivity index (χ0) is 23.7. The maximum atomic E-state index is 14.3.